The Morgan fingerprint density at radius 3 is 2.29 bits per heavy atom. The van der Waals surface area contributed by atoms with E-state index in [-0.39, 0.29) is 30.3 Å². The Morgan fingerprint density at radius 1 is 1.03 bits per heavy atom. The summed E-state index contributed by atoms with van der Waals surface area (Å²) in [4.78, 5) is 36.5. The third-order valence-electron chi connectivity index (χ3n) is 7.06. The number of carbonyl (C=O) groups is 3. The van der Waals surface area contributed by atoms with Crippen LogP contribution in [0.2, 0.25) is 0 Å². The molecule has 0 aromatic heterocycles. The Labute approximate surface area is 199 Å². The van der Waals surface area contributed by atoms with Crippen molar-refractivity contribution in [2.24, 2.45) is 11.8 Å². The third kappa shape index (κ3) is 5.24. The summed E-state index contributed by atoms with van der Waals surface area (Å²) in [6, 6.07) is 15.6. The van der Waals surface area contributed by atoms with E-state index in [1.165, 1.54) is 0 Å². The maximum Gasteiger partial charge on any atom is 0.407 e. The van der Waals surface area contributed by atoms with E-state index in [2.05, 4.69) is 34.9 Å². The molecule has 4 rings (SSSR count). The van der Waals surface area contributed by atoms with Crippen LogP contribution in [-0.4, -0.2) is 42.3 Å². The number of carboxylic acids is 1. The zero-order valence-corrected chi connectivity index (χ0v) is 19.5. The fraction of sp³-hybridized carbons (Fsp3) is 0.444. The van der Waals surface area contributed by atoms with Gasteiger partial charge in [0.15, 0.2) is 0 Å². The molecule has 0 bridgehead atoms. The van der Waals surface area contributed by atoms with Gasteiger partial charge in [-0.1, -0.05) is 61.9 Å². The highest BCUT2D eigenvalue weighted by molar-refractivity contribution is 5.85. The van der Waals surface area contributed by atoms with Crippen molar-refractivity contribution in [2.75, 3.05) is 13.2 Å². The normalized spacial score (nSPS) is 20.0. The smallest absolute Gasteiger partial charge is 0.407 e. The van der Waals surface area contributed by atoms with E-state index in [0.29, 0.717) is 25.8 Å². The van der Waals surface area contributed by atoms with Crippen molar-refractivity contribution < 1.29 is 24.2 Å². The van der Waals surface area contributed by atoms with Crippen LogP contribution in [0.25, 0.3) is 11.1 Å². The van der Waals surface area contributed by atoms with Gasteiger partial charge in [0.2, 0.25) is 5.91 Å². The van der Waals surface area contributed by atoms with Crippen molar-refractivity contribution in [3.8, 4) is 11.1 Å². The molecule has 0 spiro atoms. The van der Waals surface area contributed by atoms with Gasteiger partial charge in [-0.15, -0.1) is 0 Å². The average Bonchev–Trinajstić information content (AvgIpc) is 3.18. The summed E-state index contributed by atoms with van der Waals surface area (Å²) in [5.74, 6) is -1.27. The Morgan fingerprint density at radius 2 is 1.68 bits per heavy atom. The first-order chi connectivity index (χ1) is 16.5. The molecule has 1 saturated carbocycles. The molecule has 2 unspecified atom stereocenters. The van der Waals surface area contributed by atoms with Crippen molar-refractivity contribution in [3.05, 3.63) is 59.7 Å². The van der Waals surface area contributed by atoms with Crippen LogP contribution in [0.15, 0.2) is 48.5 Å². The summed E-state index contributed by atoms with van der Waals surface area (Å²) in [5.41, 5.74) is 4.58. The fourth-order valence-corrected chi connectivity index (χ4v) is 5.20. The Hall–Kier alpha value is -3.35. The molecule has 0 heterocycles. The number of benzene rings is 2. The molecule has 180 valence electrons. The molecule has 0 aliphatic heterocycles. The summed E-state index contributed by atoms with van der Waals surface area (Å²) < 4.78 is 5.56. The predicted molar refractivity (Wildman–Crippen MR) is 128 cm³/mol. The van der Waals surface area contributed by atoms with E-state index in [4.69, 9.17) is 4.74 Å². The number of fused-ring (bicyclic) bond motifs is 3. The number of carboxylic acid groups (broad SMARTS) is 1. The van der Waals surface area contributed by atoms with Crippen molar-refractivity contribution >= 4 is 18.0 Å². The molecule has 7 nitrogen and oxygen atoms in total. The highest BCUT2D eigenvalue weighted by Gasteiger charge is 2.30. The molecule has 3 N–H and O–H groups in total. The highest BCUT2D eigenvalue weighted by Crippen LogP contribution is 2.44. The van der Waals surface area contributed by atoms with Crippen molar-refractivity contribution in [1.82, 2.24) is 10.6 Å². The quantitative estimate of drug-likeness (QED) is 0.540. The number of rotatable bonds is 8. The fourth-order valence-electron chi connectivity index (χ4n) is 5.20. The van der Waals surface area contributed by atoms with Crippen LogP contribution in [0, 0.1) is 11.8 Å². The number of aliphatic carboxylic acids is 1. The molecule has 7 heteroatoms. The molecule has 0 radical (unpaired) electrons. The summed E-state index contributed by atoms with van der Waals surface area (Å²) in [7, 11) is 0. The summed E-state index contributed by atoms with van der Waals surface area (Å²) >= 11 is 0. The second-order valence-electron chi connectivity index (χ2n) is 9.24. The second kappa shape index (κ2) is 10.7. The van der Waals surface area contributed by atoms with Crippen molar-refractivity contribution in [2.45, 2.75) is 51.0 Å². The highest BCUT2D eigenvalue weighted by atomic mass is 16.5. The van der Waals surface area contributed by atoms with Gasteiger partial charge in [0.05, 0.1) is 5.92 Å². The number of nitrogens with one attached hydrogen (secondary N) is 2. The lowest BCUT2D eigenvalue weighted by atomic mass is 9.81. The van der Waals surface area contributed by atoms with Crippen molar-refractivity contribution in [1.29, 1.82) is 0 Å². The number of amides is 2. The maximum absolute atomic E-state index is 12.7. The van der Waals surface area contributed by atoms with Crippen LogP contribution < -0.4 is 10.6 Å². The summed E-state index contributed by atoms with van der Waals surface area (Å²) in [6.07, 6.45) is 2.84. The first-order valence-electron chi connectivity index (χ1n) is 12.1. The SMILES string of the molecule is CC[C@@H](NC(=O)OCC1c2ccccc2-c2ccccc21)C(=O)NCC1CCCC(C(=O)O)C1. The summed E-state index contributed by atoms with van der Waals surface area (Å²) in [6.45, 7) is 2.44. The molecule has 0 saturated heterocycles. The maximum atomic E-state index is 12.7. The van der Waals surface area contributed by atoms with Gasteiger partial charge in [-0.3, -0.25) is 9.59 Å². The molecule has 2 aromatic carbocycles. The Balaban J connectivity index is 1.29. The Bertz CT molecular complexity index is 1010. The molecule has 3 atom stereocenters. The van der Waals surface area contributed by atoms with E-state index in [0.717, 1.165) is 35.1 Å². The van der Waals surface area contributed by atoms with Crippen LogP contribution in [0.3, 0.4) is 0 Å². The van der Waals surface area contributed by atoms with E-state index in [1.54, 1.807) is 0 Å². The monoisotopic (exact) mass is 464 g/mol. The number of ether oxygens (including phenoxy) is 1. The number of alkyl carbamates (subject to hydrolysis) is 1. The van der Waals surface area contributed by atoms with E-state index < -0.39 is 18.1 Å². The van der Waals surface area contributed by atoms with Gasteiger partial charge < -0.3 is 20.5 Å². The molecular weight excluding hydrogens is 432 g/mol. The molecule has 2 aliphatic rings. The van der Waals surface area contributed by atoms with Gasteiger partial charge >= 0.3 is 12.1 Å². The predicted octanol–water partition coefficient (Wildman–Crippen LogP) is 4.31. The molecule has 2 amide bonds. The minimum atomic E-state index is -0.764. The number of hydrogen-bond donors (Lipinski definition) is 3. The lowest BCUT2D eigenvalue weighted by molar-refractivity contribution is -0.143. The second-order valence-corrected chi connectivity index (χ2v) is 9.24. The van der Waals surface area contributed by atoms with Crippen LogP contribution in [0.5, 0.6) is 0 Å². The van der Waals surface area contributed by atoms with Gasteiger partial charge in [0.25, 0.3) is 0 Å². The topological polar surface area (TPSA) is 105 Å². The lowest BCUT2D eigenvalue weighted by Gasteiger charge is -2.27. The average molecular weight is 465 g/mol. The first-order valence-corrected chi connectivity index (χ1v) is 12.1. The summed E-state index contributed by atoms with van der Waals surface area (Å²) in [5, 5.41) is 14.8. The van der Waals surface area contributed by atoms with E-state index in [9.17, 15) is 19.5 Å². The van der Waals surface area contributed by atoms with Gasteiger partial charge in [0.1, 0.15) is 12.6 Å². The van der Waals surface area contributed by atoms with E-state index >= 15 is 0 Å². The van der Waals surface area contributed by atoms with Crippen LogP contribution in [0.1, 0.15) is 56.1 Å². The lowest BCUT2D eigenvalue weighted by Crippen LogP contribution is -2.48. The van der Waals surface area contributed by atoms with Gasteiger partial charge in [-0.2, -0.15) is 0 Å². The van der Waals surface area contributed by atoms with Crippen LogP contribution in [-0.2, 0) is 14.3 Å². The molecule has 2 aliphatic carbocycles. The minimum Gasteiger partial charge on any atom is -0.481 e. The third-order valence-corrected chi connectivity index (χ3v) is 7.06. The standard InChI is InChI=1S/C27H32N2O5/c1-2-24(25(30)28-15-17-8-7-9-18(14-17)26(31)32)29-27(33)34-16-23-21-12-5-3-10-19(21)20-11-4-6-13-22(20)23/h3-6,10-13,17-18,23-24H,2,7-9,14-16H2,1H3,(H,28,30)(H,29,33)(H,31,32)/t17?,18?,24-/m1/s1. The number of hydrogen-bond acceptors (Lipinski definition) is 4. The Kier molecular flexibility index (Phi) is 7.50. The molecule has 34 heavy (non-hydrogen) atoms. The molecule has 2 aromatic rings. The van der Waals surface area contributed by atoms with Gasteiger partial charge in [-0.25, -0.2) is 4.79 Å². The minimum absolute atomic E-state index is 0.0412. The van der Waals surface area contributed by atoms with Crippen molar-refractivity contribution in [3.63, 3.8) is 0 Å². The van der Waals surface area contributed by atoms with Crippen LogP contribution in [0.4, 0.5) is 4.79 Å². The molecule has 1 fully saturated rings. The van der Waals surface area contributed by atoms with Gasteiger partial charge in [-0.05, 0) is 53.9 Å². The van der Waals surface area contributed by atoms with Crippen LogP contribution >= 0.6 is 0 Å². The zero-order chi connectivity index (χ0) is 24.1. The number of carbonyl (C=O) groups excluding carboxylic acids is 2. The van der Waals surface area contributed by atoms with E-state index in [1.807, 2.05) is 31.2 Å². The molecular formula is C27H32N2O5. The first kappa shape index (κ1) is 23.8. The largest absolute Gasteiger partial charge is 0.481 e. The zero-order valence-electron chi connectivity index (χ0n) is 19.5. The van der Waals surface area contributed by atoms with Gasteiger partial charge in [0, 0.05) is 12.5 Å².